The maximum absolute atomic E-state index is 4.33. The van der Waals surface area contributed by atoms with Gasteiger partial charge in [0.05, 0.1) is 17.7 Å². The Labute approximate surface area is 98.0 Å². The highest BCUT2D eigenvalue weighted by molar-refractivity contribution is 7.07. The molecule has 16 heavy (non-hydrogen) atoms. The highest BCUT2D eigenvalue weighted by Crippen LogP contribution is 2.13. The zero-order valence-corrected chi connectivity index (χ0v) is 10.0. The summed E-state index contributed by atoms with van der Waals surface area (Å²) in [5.74, 6) is 1.46. The van der Waals surface area contributed by atoms with E-state index in [0.29, 0.717) is 12.5 Å². The van der Waals surface area contributed by atoms with Crippen LogP contribution in [0.15, 0.2) is 17.1 Å². The lowest BCUT2D eigenvalue weighted by Crippen LogP contribution is -2.06. The summed E-state index contributed by atoms with van der Waals surface area (Å²) in [5, 5.41) is 8.17. The minimum Gasteiger partial charge on any atom is -0.364 e. The molecule has 2 aromatic heterocycles. The number of nitrogens with one attached hydrogen (secondary N) is 2. The van der Waals surface area contributed by atoms with E-state index in [1.54, 1.807) is 24.6 Å². The minimum atomic E-state index is 0.617. The fourth-order valence-corrected chi connectivity index (χ4v) is 1.80. The third-order valence-electron chi connectivity index (χ3n) is 2.12. The van der Waals surface area contributed by atoms with Gasteiger partial charge in [0.25, 0.3) is 0 Å². The Morgan fingerprint density at radius 2 is 2.25 bits per heavy atom. The summed E-state index contributed by atoms with van der Waals surface area (Å²) < 4.78 is 0. The van der Waals surface area contributed by atoms with Gasteiger partial charge in [-0.2, -0.15) is 4.98 Å². The van der Waals surface area contributed by atoms with E-state index in [4.69, 9.17) is 0 Å². The predicted octanol–water partition coefficient (Wildman–Crippen LogP) is 1.90. The van der Waals surface area contributed by atoms with Crippen molar-refractivity contribution in [2.45, 2.75) is 13.5 Å². The van der Waals surface area contributed by atoms with E-state index in [2.05, 4.69) is 25.6 Å². The van der Waals surface area contributed by atoms with Gasteiger partial charge in [-0.1, -0.05) is 0 Å². The Balaban J connectivity index is 2.08. The van der Waals surface area contributed by atoms with Crippen molar-refractivity contribution in [3.8, 4) is 0 Å². The molecule has 2 aromatic rings. The number of rotatable bonds is 4. The molecule has 0 atom stereocenters. The van der Waals surface area contributed by atoms with Crippen molar-refractivity contribution < 1.29 is 0 Å². The van der Waals surface area contributed by atoms with E-state index in [1.807, 2.05) is 17.8 Å². The van der Waals surface area contributed by atoms with Crippen LogP contribution in [0.5, 0.6) is 0 Å². The molecule has 0 unspecified atom stereocenters. The number of aryl methyl sites for hydroxylation is 1. The molecule has 84 valence electrons. The summed E-state index contributed by atoms with van der Waals surface area (Å²) in [6, 6.07) is 0. The van der Waals surface area contributed by atoms with Gasteiger partial charge in [-0.25, -0.2) is 9.97 Å². The smallest absolute Gasteiger partial charge is 0.224 e. The van der Waals surface area contributed by atoms with Gasteiger partial charge in [0.1, 0.15) is 5.82 Å². The molecule has 0 fully saturated rings. The van der Waals surface area contributed by atoms with Crippen molar-refractivity contribution >= 4 is 23.1 Å². The first-order valence-corrected chi connectivity index (χ1v) is 5.86. The summed E-state index contributed by atoms with van der Waals surface area (Å²) in [7, 11) is 1.80. The van der Waals surface area contributed by atoms with Crippen molar-refractivity contribution in [3.05, 3.63) is 28.3 Å². The molecule has 0 aliphatic heterocycles. The van der Waals surface area contributed by atoms with Crippen LogP contribution >= 0.6 is 11.3 Å². The van der Waals surface area contributed by atoms with Crippen LogP contribution in [0.25, 0.3) is 0 Å². The topological polar surface area (TPSA) is 62.7 Å². The lowest BCUT2D eigenvalue weighted by Gasteiger charge is -2.08. The van der Waals surface area contributed by atoms with Gasteiger partial charge in [0.15, 0.2) is 0 Å². The quantitative estimate of drug-likeness (QED) is 0.847. The molecule has 0 aliphatic carbocycles. The zero-order chi connectivity index (χ0) is 11.4. The first-order valence-electron chi connectivity index (χ1n) is 4.92. The molecule has 0 saturated heterocycles. The third-order valence-corrected chi connectivity index (χ3v) is 2.75. The van der Waals surface area contributed by atoms with Crippen molar-refractivity contribution in [3.63, 3.8) is 0 Å². The first-order chi connectivity index (χ1) is 7.79. The van der Waals surface area contributed by atoms with Gasteiger partial charge in [-0.15, -0.1) is 11.3 Å². The Morgan fingerprint density at radius 1 is 1.38 bits per heavy atom. The molecule has 0 radical (unpaired) electrons. The van der Waals surface area contributed by atoms with Gasteiger partial charge >= 0.3 is 0 Å². The number of anilines is 2. The molecule has 2 rings (SSSR count). The summed E-state index contributed by atoms with van der Waals surface area (Å²) >= 11 is 1.59. The second-order valence-electron chi connectivity index (χ2n) is 3.31. The van der Waals surface area contributed by atoms with Gasteiger partial charge in [-0.05, 0) is 6.92 Å². The molecule has 5 nitrogen and oxygen atoms in total. The van der Waals surface area contributed by atoms with Crippen LogP contribution in [0.4, 0.5) is 11.8 Å². The lowest BCUT2D eigenvalue weighted by atomic mass is 10.3. The number of aromatic nitrogens is 3. The van der Waals surface area contributed by atoms with Gasteiger partial charge < -0.3 is 10.6 Å². The Morgan fingerprint density at radius 3 is 2.94 bits per heavy atom. The van der Waals surface area contributed by atoms with Crippen molar-refractivity contribution in [1.29, 1.82) is 0 Å². The molecule has 2 N–H and O–H groups in total. The number of hydrogen-bond donors (Lipinski definition) is 2. The standard InChI is InChI=1S/C10H13N5S/c1-7-3-13-10(11-2)15-9(7)12-4-8-5-16-6-14-8/h3,5-6H,4H2,1-2H3,(H2,11,12,13,15). The van der Waals surface area contributed by atoms with Crippen LogP contribution in [0, 0.1) is 6.92 Å². The second kappa shape index (κ2) is 4.89. The van der Waals surface area contributed by atoms with E-state index >= 15 is 0 Å². The SMILES string of the molecule is CNc1ncc(C)c(NCc2cscn2)n1. The van der Waals surface area contributed by atoms with Crippen molar-refractivity contribution in [1.82, 2.24) is 15.0 Å². The van der Waals surface area contributed by atoms with Crippen LogP contribution in [-0.2, 0) is 6.54 Å². The minimum absolute atomic E-state index is 0.617. The molecule has 0 aromatic carbocycles. The second-order valence-corrected chi connectivity index (χ2v) is 4.03. The summed E-state index contributed by atoms with van der Waals surface area (Å²) in [4.78, 5) is 12.7. The van der Waals surface area contributed by atoms with Crippen molar-refractivity contribution in [2.24, 2.45) is 0 Å². The van der Waals surface area contributed by atoms with E-state index in [9.17, 15) is 0 Å². The molecular weight excluding hydrogens is 222 g/mol. The van der Waals surface area contributed by atoms with Crippen LogP contribution < -0.4 is 10.6 Å². The van der Waals surface area contributed by atoms with E-state index in [0.717, 1.165) is 17.1 Å². The molecule has 0 saturated carbocycles. The van der Waals surface area contributed by atoms with Crippen LogP contribution in [0.3, 0.4) is 0 Å². The molecule has 6 heteroatoms. The molecule has 0 spiro atoms. The molecule has 0 amide bonds. The molecule has 2 heterocycles. The Kier molecular flexibility index (Phi) is 3.31. The maximum Gasteiger partial charge on any atom is 0.224 e. The lowest BCUT2D eigenvalue weighted by molar-refractivity contribution is 1.03. The van der Waals surface area contributed by atoms with Crippen LogP contribution in [0.1, 0.15) is 11.3 Å². The fourth-order valence-electron chi connectivity index (χ4n) is 1.24. The molecular formula is C10H13N5S. The number of nitrogens with zero attached hydrogens (tertiary/aromatic N) is 3. The molecule has 0 aliphatic rings. The normalized spacial score (nSPS) is 10.1. The van der Waals surface area contributed by atoms with Crippen LogP contribution in [-0.4, -0.2) is 22.0 Å². The summed E-state index contributed by atoms with van der Waals surface area (Å²) in [5.41, 5.74) is 3.87. The van der Waals surface area contributed by atoms with E-state index in [-0.39, 0.29) is 0 Å². The predicted molar refractivity (Wildman–Crippen MR) is 65.8 cm³/mol. The maximum atomic E-state index is 4.33. The van der Waals surface area contributed by atoms with Crippen LogP contribution in [0.2, 0.25) is 0 Å². The fraction of sp³-hybridized carbons (Fsp3) is 0.300. The zero-order valence-electron chi connectivity index (χ0n) is 9.19. The van der Waals surface area contributed by atoms with Gasteiger partial charge in [-0.3, -0.25) is 0 Å². The molecule has 0 bridgehead atoms. The van der Waals surface area contributed by atoms with Gasteiger partial charge in [0, 0.05) is 24.2 Å². The number of thiazole rings is 1. The highest BCUT2D eigenvalue weighted by atomic mass is 32.1. The summed E-state index contributed by atoms with van der Waals surface area (Å²) in [6.45, 7) is 2.66. The van der Waals surface area contributed by atoms with E-state index in [1.165, 1.54) is 0 Å². The van der Waals surface area contributed by atoms with E-state index < -0.39 is 0 Å². The van der Waals surface area contributed by atoms with Crippen molar-refractivity contribution in [2.75, 3.05) is 17.7 Å². The largest absolute Gasteiger partial charge is 0.364 e. The van der Waals surface area contributed by atoms with Gasteiger partial charge in [0.2, 0.25) is 5.95 Å². The average Bonchev–Trinajstić information content (AvgIpc) is 2.81. The average molecular weight is 235 g/mol. The Bertz CT molecular complexity index is 454. The first kappa shape index (κ1) is 10.8. The Hall–Kier alpha value is -1.69. The highest BCUT2D eigenvalue weighted by Gasteiger charge is 2.03. The number of hydrogen-bond acceptors (Lipinski definition) is 6. The third kappa shape index (κ3) is 2.46. The monoisotopic (exact) mass is 235 g/mol. The summed E-state index contributed by atoms with van der Waals surface area (Å²) in [6.07, 6.45) is 1.79.